The van der Waals surface area contributed by atoms with E-state index in [1.54, 1.807) is 0 Å². The van der Waals surface area contributed by atoms with Crippen LogP contribution in [-0.2, 0) is 21.1 Å². The second kappa shape index (κ2) is 8.00. The van der Waals surface area contributed by atoms with Gasteiger partial charge >= 0.3 is 0 Å². The number of fused-ring (bicyclic) bond motifs is 1. The number of rotatable bonds is 5. The van der Waals surface area contributed by atoms with E-state index in [1.165, 1.54) is 29.3 Å². The lowest BCUT2D eigenvalue weighted by atomic mass is 9.91. The number of hydrogen-bond acceptors (Lipinski definition) is 4. The zero-order valence-corrected chi connectivity index (χ0v) is 17.0. The smallest absolute Gasteiger partial charge is 0.238 e. The third kappa shape index (κ3) is 4.51. The average Bonchev–Trinajstić information content (AvgIpc) is 2.62. The van der Waals surface area contributed by atoms with E-state index in [0.29, 0.717) is 10.7 Å². The van der Waals surface area contributed by atoms with Gasteiger partial charge in [-0.3, -0.25) is 9.69 Å². The van der Waals surface area contributed by atoms with Gasteiger partial charge in [-0.05, 0) is 42.2 Å². The summed E-state index contributed by atoms with van der Waals surface area (Å²) in [6.07, 6.45) is 2.94. The molecule has 2 aromatic carbocycles. The Morgan fingerprint density at radius 1 is 1.26 bits per heavy atom. The predicted molar refractivity (Wildman–Crippen MR) is 108 cm³/mol. The van der Waals surface area contributed by atoms with Gasteiger partial charge in [-0.15, -0.1) is 0 Å². The molecule has 1 aliphatic rings. The van der Waals surface area contributed by atoms with Crippen LogP contribution in [0, 0.1) is 0 Å². The molecule has 1 atom stereocenters. The van der Waals surface area contributed by atoms with Crippen molar-refractivity contribution in [2.24, 2.45) is 0 Å². The number of halogens is 1. The van der Waals surface area contributed by atoms with E-state index in [4.69, 9.17) is 11.6 Å². The number of nitrogens with zero attached hydrogens (tertiary/aromatic N) is 1. The first-order chi connectivity index (χ1) is 12.8. The standard InChI is InChI=1S/C20H23ClN2O3S/c1-3-19-16-7-5-4-6-14(16)10-11-23(19)13-20(24)22-18-12-15(27(2,25)26)8-9-17(18)21/h4-9,12,19H,3,10-11,13H2,1-2H3,(H,22,24). The lowest BCUT2D eigenvalue weighted by Crippen LogP contribution is -2.40. The van der Waals surface area contributed by atoms with Crippen molar-refractivity contribution in [1.82, 2.24) is 4.90 Å². The van der Waals surface area contributed by atoms with E-state index >= 15 is 0 Å². The summed E-state index contributed by atoms with van der Waals surface area (Å²) in [6.45, 7) is 3.15. The molecule has 27 heavy (non-hydrogen) atoms. The van der Waals surface area contributed by atoms with E-state index in [-0.39, 0.29) is 23.4 Å². The van der Waals surface area contributed by atoms with Crippen LogP contribution in [0.1, 0.15) is 30.5 Å². The number of benzene rings is 2. The van der Waals surface area contributed by atoms with Gasteiger partial charge in [0.05, 0.1) is 22.2 Å². The Hall–Kier alpha value is -1.89. The number of amides is 1. The number of hydrogen-bond donors (Lipinski definition) is 1. The average molecular weight is 407 g/mol. The molecule has 7 heteroatoms. The summed E-state index contributed by atoms with van der Waals surface area (Å²) in [5.41, 5.74) is 2.93. The summed E-state index contributed by atoms with van der Waals surface area (Å²) in [5, 5.41) is 3.07. The summed E-state index contributed by atoms with van der Waals surface area (Å²) in [7, 11) is -3.37. The maximum atomic E-state index is 12.6. The van der Waals surface area contributed by atoms with Crippen LogP contribution in [0.4, 0.5) is 5.69 Å². The van der Waals surface area contributed by atoms with E-state index < -0.39 is 9.84 Å². The highest BCUT2D eigenvalue weighted by molar-refractivity contribution is 7.90. The van der Waals surface area contributed by atoms with Crippen molar-refractivity contribution in [2.75, 3.05) is 24.7 Å². The van der Waals surface area contributed by atoms with Crippen molar-refractivity contribution in [2.45, 2.75) is 30.7 Å². The van der Waals surface area contributed by atoms with Crippen LogP contribution in [0.15, 0.2) is 47.4 Å². The molecule has 0 fully saturated rings. The SMILES string of the molecule is CCC1c2ccccc2CCN1CC(=O)Nc1cc(S(C)(=O)=O)ccc1Cl. The Balaban J connectivity index is 1.75. The normalized spacial score (nSPS) is 17.4. The maximum absolute atomic E-state index is 12.6. The zero-order valence-electron chi connectivity index (χ0n) is 15.4. The minimum absolute atomic E-state index is 0.125. The van der Waals surface area contributed by atoms with Gasteiger partial charge in [-0.1, -0.05) is 42.8 Å². The zero-order chi connectivity index (χ0) is 19.6. The van der Waals surface area contributed by atoms with E-state index in [1.807, 2.05) is 12.1 Å². The largest absolute Gasteiger partial charge is 0.324 e. The van der Waals surface area contributed by atoms with Gasteiger partial charge in [-0.25, -0.2) is 8.42 Å². The third-order valence-corrected chi connectivity index (χ3v) is 6.34. The molecule has 1 N–H and O–H groups in total. The fraction of sp³-hybridized carbons (Fsp3) is 0.350. The van der Waals surface area contributed by atoms with E-state index in [0.717, 1.165) is 25.6 Å². The van der Waals surface area contributed by atoms with Gasteiger partial charge < -0.3 is 5.32 Å². The maximum Gasteiger partial charge on any atom is 0.238 e. The fourth-order valence-corrected chi connectivity index (χ4v) is 4.39. The molecule has 1 amide bonds. The Morgan fingerprint density at radius 3 is 2.70 bits per heavy atom. The number of anilines is 1. The van der Waals surface area contributed by atoms with Crippen molar-refractivity contribution in [3.63, 3.8) is 0 Å². The molecule has 1 unspecified atom stereocenters. The molecule has 0 aromatic heterocycles. The van der Waals surface area contributed by atoms with Gasteiger partial charge in [0.1, 0.15) is 0 Å². The Morgan fingerprint density at radius 2 is 2.00 bits per heavy atom. The van der Waals surface area contributed by atoms with Crippen molar-refractivity contribution in [3.8, 4) is 0 Å². The molecule has 0 saturated heterocycles. The summed E-state index contributed by atoms with van der Waals surface area (Å²) >= 11 is 6.13. The molecule has 1 heterocycles. The molecule has 0 aliphatic carbocycles. The van der Waals surface area contributed by atoms with Crippen molar-refractivity contribution in [1.29, 1.82) is 0 Å². The monoisotopic (exact) mass is 406 g/mol. The topological polar surface area (TPSA) is 66.5 Å². The van der Waals surface area contributed by atoms with Gasteiger partial charge in [-0.2, -0.15) is 0 Å². The van der Waals surface area contributed by atoms with Gasteiger partial charge in [0.2, 0.25) is 5.91 Å². The molecule has 0 bridgehead atoms. The molecule has 0 spiro atoms. The molecule has 144 valence electrons. The van der Waals surface area contributed by atoms with Crippen LogP contribution in [0.2, 0.25) is 5.02 Å². The molecule has 0 saturated carbocycles. The second-order valence-corrected chi connectivity index (χ2v) is 9.23. The molecule has 5 nitrogen and oxygen atoms in total. The van der Waals surface area contributed by atoms with E-state index in [2.05, 4.69) is 29.3 Å². The molecule has 3 rings (SSSR count). The van der Waals surface area contributed by atoms with Gasteiger partial charge in [0, 0.05) is 18.8 Å². The number of carbonyl (C=O) groups excluding carboxylic acids is 1. The van der Waals surface area contributed by atoms with Crippen LogP contribution in [0.3, 0.4) is 0 Å². The Kier molecular flexibility index (Phi) is 5.89. The first-order valence-corrected chi connectivity index (χ1v) is 11.2. The summed E-state index contributed by atoms with van der Waals surface area (Å²) in [5.74, 6) is -0.208. The fourth-order valence-electron chi connectivity index (χ4n) is 3.58. The first kappa shape index (κ1) is 19.9. The molecular formula is C20H23ClN2O3S. The second-order valence-electron chi connectivity index (χ2n) is 6.81. The summed E-state index contributed by atoms with van der Waals surface area (Å²) in [4.78, 5) is 14.9. The Labute approximate surface area is 165 Å². The van der Waals surface area contributed by atoms with Crippen LogP contribution in [0.25, 0.3) is 0 Å². The number of nitrogens with one attached hydrogen (secondary N) is 1. The molecule has 1 aliphatic heterocycles. The van der Waals surface area contributed by atoms with Crippen LogP contribution < -0.4 is 5.32 Å². The van der Waals surface area contributed by atoms with Gasteiger partial charge in [0.15, 0.2) is 9.84 Å². The predicted octanol–water partition coefficient (Wildman–Crippen LogP) is 3.69. The highest BCUT2D eigenvalue weighted by Crippen LogP contribution is 2.32. The highest BCUT2D eigenvalue weighted by Gasteiger charge is 2.27. The van der Waals surface area contributed by atoms with Crippen molar-refractivity contribution >= 4 is 33.0 Å². The lowest BCUT2D eigenvalue weighted by molar-refractivity contribution is -0.118. The summed E-state index contributed by atoms with van der Waals surface area (Å²) < 4.78 is 23.5. The van der Waals surface area contributed by atoms with Crippen molar-refractivity contribution < 1.29 is 13.2 Å². The molecule has 2 aromatic rings. The Bertz CT molecular complexity index is 959. The minimum Gasteiger partial charge on any atom is -0.324 e. The van der Waals surface area contributed by atoms with Crippen molar-refractivity contribution in [3.05, 3.63) is 58.6 Å². The van der Waals surface area contributed by atoms with Crippen LogP contribution >= 0.6 is 11.6 Å². The van der Waals surface area contributed by atoms with Gasteiger partial charge in [0.25, 0.3) is 0 Å². The number of sulfone groups is 1. The highest BCUT2D eigenvalue weighted by atomic mass is 35.5. The lowest BCUT2D eigenvalue weighted by Gasteiger charge is -2.36. The molecule has 0 radical (unpaired) electrons. The van der Waals surface area contributed by atoms with Crippen LogP contribution in [0.5, 0.6) is 0 Å². The summed E-state index contributed by atoms with van der Waals surface area (Å²) in [6, 6.07) is 12.9. The molecular weight excluding hydrogens is 384 g/mol. The first-order valence-electron chi connectivity index (χ1n) is 8.91. The number of carbonyl (C=O) groups is 1. The van der Waals surface area contributed by atoms with E-state index in [9.17, 15) is 13.2 Å². The quantitative estimate of drug-likeness (QED) is 0.822. The minimum atomic E-state index is -3.37. The third-order valence-electron chi connectivity index (χ3n) is 4.90. The van der Waals surface area contributed by atoms with Crippen LogP contribution in [-0.4, -0.2) is 38.6 Å².